The van der Waals surface area contributed by atoms with Crippen LogP contribution in [0.2, 0.25) is 0 Å². The molecule has 1 N–H and O–H groups in total. The van der Waals surface area contributed by atoms with Gasteiger partial charge in [0.25, 0.3) is 0 Å². The van der Waals surface area contributed by atoms with Crippen molar-refractivity contribution in [3.63, 3.8) is 0 Å². The molecule has 0 aromatic carbocycles. The van der Waals surface area contributed by atoms with Gasteiger partial charge in [0.1, 0.15) is 5.41 Å². The molecule has 2 heterocycles. The zero-order valence-corrected chi connectivity index (χ0v) is 10.8. The number of amides is 4. The third kappa shape index (κ3) is 1.94. The van der Waals surface area contributed by atoms with Crippen molar-refractivity contribution in [2.45, 2.75) is 32.1 Å². The number of carbonyl (C=O) groups excluding carboxylic acids is 3. The van der Waals surface area contributed by atoms with Crippen molar-refractivity contribution >= 4 is 17.8 Å². The third-order valence-electron chi connectivity index (χ3n) is 4.48. The molecule has 104 valence electrons. The second kappa shape index (κ2) is 4.59. The van der Waals surface area contributed by atoms with E-state index in [1.165, 1.54) is 4.90 Å². The monoisotopic (exact) mass is 266 g/mol. The standard InChI is InChI=1S/C13H18N2O4/c16-10-13(4-1-2-5-13)11(17)15(12(18)14-10)7-9-3-6-19-8-9/h9H,1-8H2,(H,14,16,18). The van der Waals surface area contributed by atoms with Crippen LogP contribution in [0.3, 0.4) is 0 Å². The average molecular weight is 266 g/mol. The van der Waals surface area contributed by atoms with Crippen LogP contribution in [0, 0.1) is 11.3 Å². The van der Waals surface area contributed by atoms with Gasteiger partial charge in [0.05, 0.1) is 6.61 Å². The molecule has 19 heavy (non-hydrogen) atoms. The number of ether oxygens (including phenoxy) is 1. The van der Waals surface area contributed by atoms with Gasteiger partial charge in [-0.2, -0.15) is 0 Å². The molecular formula is C13H18N2O4. The SMILES string of the molecule is O=C1NC(=O)C2(CCCC2)C(=O)N1CC1CCOC1. The Kier molecular flexibility index (Phi) is 3.05. The fourth-order valence-electron chi connectivity index (χ4n) is 3.30. The molecule has 1 spiro atoms. The lowest BCUT2D eigenvalue weighted by atomic mass is 9.82. The average Bonchev–Trinajstić information content (AvgIpc) is 3.05. The molecule has 0 aromatic heterocycles. The Balaban J connectivity index is 1.80. The van der Waals surface area contributed by atoms with Crippen LogP contribution in [0.25, 0.3) is 0 Å². The van der Waals surface area contributed by atoms with Crippen molar-refractivity contribution in [2.75, 3.05) is 19.8 Å². The lowest BCUT2D eigenvalue weighted by Gasteiger charge is -2.37. The zero-order valence-electron chi connectivity index (χ0n) is 10.8. The highest BCUT2D eigenvalue weighted by Gasteiger charge is 2.55. The van der Waals surface area contributed by atoms with Crippen LogP contribution in [0.15, 0.2) is 0 Å². The minimum Gasteiger partial charge on any atom is -0.381 e. The Bertz CT molecular complexity index is 422. The number of imide groups is 2. The summed E-state index contributed by atoms with van der Waals surface area (Å²) in [6, 6.07) is -0.570. The molecule has 0 bridgehead atoms. The largest absolute Gasteiger partial charge is 0.381 e. The molecule has 3 rings (SSSR count). The summed E-state index contributed by atoms with van der Waals surface area (Å²) in [5, 5.41) is 2.35. The maximum Gasteiger partial charge on any atom is 0.330 e. The smallest absolute Gasteiger partial charge is 0.330 e. The highest BCUT2D eigenvalue weighted by Crippen LogP contribution is 2.42. The summed E-state index contributed by atoms with van der Waals surface area (Å²) < 4.78 is 5.27. The van der Waals surface area contributed by atoms with Crippen LogP contribution in [-0.4, -0.2) is 42.5 Å². The molecule has 3 aliphatic rings. The van der Waals surface area contributed by atoms with Gasteiger partial charge in [-0.3, -0.25) is 19.8 Å². The fraction of sp³-hybridized carbons (Fsp3) is 0.769. The molecule has 1 aliphatic carbocycles. The Morgan fingerprint density at radius 3 is 2.63 bits per heavy atom. The van der Waals surface area contributed by atoms with E-state index in [1.807, 2.05) is 0 Å². The van der Waals surface area contributed by atoms with E-state index in [4.69, 9.17) is 4.74 Å². The van der Waals surface area contributed by atoms with Gasteiger partial charge in [-0.15, -0.1) is 0 Å². The first-order chi connectivity index (χ1) is 9.13. The number of hydrogen-bond donors (Lipinski definition) is 1. The third-order valence-corrected chi connectivity index (χ3v) is 4.48. The van der Waals surface area contributed by atoms with Crippen molar-refractivity contribution in [1.82, 2.24) is 10.2 Å². The number of barbiturate groups is 1. The first-order valence-corrected chi connectivity index (χ1v) is 6.89. The molecule has 0 aromatic rings. The van der Waals surface area contributed by atoms with E-state index in [1.54, 1.807) is 0 Å². The molecule has 2 aliphatic heterocycles. The van der Waals surface area contributed by atoms with Crippen molar-refractivity contribution in [1.29, 1.82) is 0 Å². The van der Waals surface area contributed by atoms with E-state index in [2.05, 4.69) is 5.32 Å². The predicted octanol–water partition coefficient (Wildman–Crippen LogP) is 0.662. The first-order valence-electron chi connectivity index (χ1n) is 6.89. The maximum absolute atomic E-state index is 12.6. The second-order valence-electron chi connectivity index (χ2n) is 5.69. The van der Waals surface area contributed by atoms with Crippen LogP contribution in [0.1, 0.15) is 32.1 Å². The second-order valence-corrected chi connectivity index (χ2v) is 5.69. The van der Waals surface area contributed by atoms with Crippen molar-refractivity contribution in [3.05, 3.63) is 0 Å². The molecule has 6 heteroatoms. The number of nitrogens with zero attached hydrogens (tertiary/aromatic N) is 1. The Hall–Kier alpha value is -1.43. The normalized spacial score (nSPS) is 30.2. The van der Waals surface area contributed by atoms with E-state index in [-0.39, 0.29) is 11.8 Å². The molecule has 1 atom stereocenters. The van der Waals surface area contributed by atoms with Gasteiger partial charge in [-0.05, 0) is 19.3 Å². The zero-order chi connectivity index (χ0) is 13.5. The quantitative estimate of drug-likeness (QED) is 0.745. The van der Waals surface area contributed by atoms with Gasteiger partial charge in [0, 0.05) is 19.1 Å². The van der Waals surface area contributed by atoms with E-state index in [0.717, 1.165) is 19.3 Å². The number of hydrogen-bond acceptors (Lipinski definition) is 4. The van der Waals surface area contributed by atoms with Gasteiger partial charge in [-0.1, -0.05) is 12.8 Å². The highest BCUT2D eigenvalue weighted by atomic mass is 16.5. The molecule has 4 amide bonds. The van der Waals surface area contributed by atoms with Crippen molar-refractivity contribution in [3.8, 4) is 0 Å². The molecule has 2 saturated heterocycles. The topological polar surface area (TPSA) is 75.7 Å². The number of rotatable bonds is 2. The number of carbonyl (C=O) groups is 3. The lowest BCUT2D eigenvalue weighted by Crippen LogP contribution is -2.63. The Morgan fingerprint density at radius 2 is 2.00 bits per heavy atom. The molecule has 1 saturated carbocycles. The van der Waals surface area contributed by atoms with E-state index in [0.29, 0.717) is 32.6 Å². The molecule has 6 nitrogen and oxygen atoms in total. The number of urea groups is 1. The highest BCUT2D eigenvalue weighted by molar-refractivity contribution is 6.19. The summed E-state index contributed by atoms with van der Waals surface area (Å²) >= 11 is 0. The fourth-order valence-corrected chi connectivity index (χ4v) is 3.30. The van der Waals surface area contributed by atoms with Gasteiger partial charge >= 0.3 is 6.03 Å². The van der Waals surface area contributed by atoms with E-state index < -0.39 is 17.4 Å². The molecule has 0 radical (unpaired) electrons. The Morgan fingerprint density at radius 1 is 1.26 bits per heavy atom. The van der Waals surface area contributed by atoms with Gasteiger partial charge in [-0.25, -0.2) is 4.79 Å². The van der Waals surface area contributed by atoms with Crippen LogP contribution in [0.5, 0.6) is 0 Å². The summed E-state index contributed by atoms with van der Waals surface area (Å²) in [6.45, 7) is 1.62. The van der Waals surface area contributed by atoms with Crippen molar-refractivity contribution < 1.29 is 19.1 Å². The van der Waals surface area contributed by atoms with Gasteiger partial charge in [0.2, 0.25) is 11.8 Å². The van der Waals surface area contributed by atoms with Gasteiger partial charge < -0.3 is 4.74 Å². The van der Waals surface area contributed by atoms with E-state index >= 15 is 0 Å². The van der Waals surface area contributed by atoms with Crippen LogP contribution in [-0.2, 0) is 14.3 Å². The van der Waals surface area contributed by atoms with Crippen molar-refractivity contribution in [2.24, 2.45) is 11.3 Å². The Labute approximate surface area is 111 Å². The molecule has 1 unspecified atom stereocenters. The predicted molar refractivity (Wildman–Crippen MR) is 65.1 cm³/mol. The van der Waals surface area contributed by atoms with Crippen LogP contribution in [0.4, 0.5) is 4.79 Å². The molecule has 3 fully saturated rings. The van der Waals surface area contributed by atoms with Crippen LogP contribution >= 0.6 is 0 Å². The first kappa shape index (κ1) is 12.6. The minimum absolute atomic E-state index is 0.196. The molecular weight excluding hydrogens is 248 g/mol. The van der Waals surface area contributed by atoms with Gasteiger partial charge in [0.15, 0.2) is 0 Å². The maximum atomic E-state index is 12.6. The summed E-state index contributed by atoms with van der Waals surface area (Å²) in [4.78, 5) is 37.7. The summed E-state index contributed by atoms with van der Waals surface area (Å²) in [5.74, 6) is -0.508. The summed E-state index contributed by atoms with van der Waals surface area (Å²) in [5.41, 5.74) is -0.979. The summed E-state index contributed by atoms with van der Waals surface area (Å²) in [6.07, 6.45) is 3.71. The lowest BCUT2D eigenvalue weighted by molar-refractivity contribution is -0.151. The number of nitrogens with one attached hydrogen (secondary N) is 1. The minimum atomic E-state index is -0.979. The summed E-state index contributed by atoms with van der Waals surface area (Å²) in [7, 11) is 0. The van der Waals surface area contributed by atoms with E-state index in [9.17, 15) is 14.4 Å². The van der Waals surface area contributed by atoms with Crippen LogP contribution < -0.4 is 5.32 Å².